The molecule has 1 saturated carbocycles. The molecule has 0 radical (unpaired) electrons. The number of imidazole rings is 1. The molecule has 88 valence electrons. The maximum atomic E-state index is 4.38. The maximum Gasteiger partial charge on any atom is 0.110 e. The molecule has 0 aromatic carbocycles. The molecule has 3 rings (SSSR count). The van der Waals surface area contributed by atoms with Crippen molar-refractivity contribution >= 4 is 0 Å². The summed E-state index contributed by atoms with van der Waals surface area (Å²) in [4.78, 5) is 8.62. The van der Waals surface area contributed by atoms with E-state index in [0.717, 1.165) is 29.8 Å². The Morgan fingerprint density at radius 3 is 2.94 bits per heavy atom. The van der Waals surface area contributed by atoms with Crippen LogP contribution < -0.4 is 5.32 Å². The first-order chi connectivity index (χ1) is 8.33. The van der Waals surface area contributed by atoms with Crippen LogP contribution >= 0.6 is 0 Å². The van der Waals surface area contributed by atoms with Crippen LogP contribution in [0, 0.1) is 6.92 Å². The molecule has 1 aliphatic carbocycles. The maximum absolute atomic E-state index is 4.38. The van der Waals surface area contributed by atoms with E-state index >= 15 is 0 Å². The van der Waals surface area contributed by atoms with Gasteiger partial charge in [0.25, 0.3) is 0 Å². The summed E-state index contributed by atoms with van der Waals surface area (Å²) in [7, 11) is 0. The van der Waals surface area contributed by atoms with Crippen molar-refractivity contribution < 1.29 is 0 Å². The third kappa shape index (κ3) is 2.36. The van der Waals surface area contributed by atoms with Crippen LogP contribution in [0.1, 0.15) is 24.4 Å². The minimum Gasteiger partial charge on any atom is -0.308 e. The van der Waals surface area contributed by atoms with E-state index in [4.69, 9.17) is 0 Å². The van der Waals surface area contributed by atoms with Crippen LogP contribution in [0.25, 0.3) is 5.69 Å². The highest BCUT2D eigenvalue weighted by Gasteiger charge is 2.20. The second-order valence-corrected chi connectivity index (χ2v) is 4.51. The Labute approximate surface area is 101 Å². The minimum atomic E-state index is 0.718. The molecule has 0 aliphatic heterocycles. The Morgan fingerprint density at radius 1 is 1.35 bits per heavy atom. The molecule has 1 fully saturated rings. The van der Waals surface area contributed by atoms with Crippen LogP contribution in [0.2, 0.25) is 0 Å². The molecule has 1 aliphatic rings. The summed E-state index contributed by atoms with van der Waals surface area (Å²) in [5.41, 5.74) is 2.21. The van der Waals surface area contributed by atoms with Gasteiger partial charge in [-0.2, -0.15) is 0 Å². The van der Waals surface area contributed by atoms with Crippen LogP contribution in [0.15, 0.2) is 30.7 Å². The van der Waals surface area contributed by atoms with Gasteiger partial charge in [0.2, 0.25) is 0 Å². The lowest BCUT2D eigenvalue weighted by Gasteiger charge is -2.07. The Bertz CT molecular complexity index is 514. The minimum absolute atomic E-state index is 0.718. The second-order valence-electron chi connectivity index (χ2n) is 4.51. The fraction of sp³-hybridized carbons (Fsp3) is 0.385. The third-order valence-electron chi connectivity index (χ3n) is 3.05. The molecular formula is C13H16N4. The average molecular weight is 228 g/mol. The topological polar surface area (TPSA) is 42.7 Å². The fourth-order valence-electron chi connectivity index (χ4n) is 1.90. The highest BCUT2D eigenvalue weighted by molar-refractivity contribution is 5.33. The van der Waals surface area contributed by atoms with E-state index < -0.39 is 0 Å². The Hall–Kier alpha value is -1.68. The Morgan fingerprint density at radius 2 is 2.24 bits per heavy atom. The zero-order valence-corrected chi connectivity index (χ0v) is 9.93. The molecule has 2 aromatic rings. The summed E-state index contributed by atoms with van der Waals surface area (Å²) < 4.78 is 2.07. The average Bonchev–Trinajstić information content (AvgIpc) is 3.08. The van der Waals surface area contributed by atoms with Crippen LogP contribution in [-0.2, 0) is 6.54 Å². The highest BCUT2D eigenvalue weighted by Crippen LogP contribution is 2.19. The summed E-state index contributed by atoms with van der Waals surface area (Å²) in [6.45, 7) is 2.86. The Kier molecular flexibility index (Phi) is 2.65. The van der Waals surface area contributed by atoms with Crippen molar-refractivity contribution in [3.05, 3.63) is 42.2 Å². The summed E-state index contributed by atoms with van der Waals surface area (Å²) in [5.74, 6) is 0.998. The second kappa shape index (κ2) is 4.30. The van der Waals surface area contributed by atoms with Gasteiger partial charge < -0.3 is 9.88 Å². The van der Waals surface area contributed by atoms with Crippen LogP contribution in [0.4, 0.5) is 0 Å². The van der Waals surface area contributed by atoms with Crippen LogP contribution in [-0.4, -0.2) is 20.6 Å². The number of hydrogen-bond acceptors (Lipinski definition) is 3. The standard InChI is InChI=1S/C13H16N4/c1-10-14-6-7-17(10)13-4-5-15-12(8-13)9-16-11-2-3-11/h4-8,11,16H,2-3,9H2,1H3. The fourth-order valence-corrected chi connectivity index (χ4v) is 1.90. The number of nitrogens with zero attached hydrogens (tertiary/aromatic N) is 3. The Balaban J connectivity index is 1.80. The van der Waals surface area contributed by atoms with Gasteiger partial charge in [0.1, 0.15) is 5.82 Å². The van der Waals surface area contributed by atoms with Gasteiger partial charge in [-0.25, -0.2) is 4.98 Å². The van der Waals surface area contributed by atoms with E-state index in [-0.39, 0.29) is 0 Å². The first-order valence-corrected chi connectivity index (χ1v) is 6.01. The van der Waals surface area contributed by atoms with E-state index in [9.17, 15) is 0 Å². The van der Waals surface area contributed by atoms with Gasteiger partial charge in [0, 0.05) is 31.2 Å². The number of nitrogens with one attached hydrogen (secondary N) is 1. The largest absolute Gasteiger partial charge is 0.308 e. The van der Waals surface area contributed by atoms with Crippen molar-refractivity contribution in [1.82, 2.24) is 19.9 Å². The number of rotatable bonds is 4. The highest BCUT2D eigenvalue weighted by atomic mass is 15.1. The van der Waals surface area contributed by atoms with Crippen molar-refractivity contribution in [2.45, 2.75) is 32.4 Å². The van der Waals surface area contributed by atoms with Gasteiger partial charge in [-0.1, -0.05) is 0 Å². The molecule has 2 aromatic heterocycles. The molecule has 4 heteroatoms. The molecular weight excluding hydrogens is 212 g/mol. The van der Waals surface area contributed by atoms with Crippen molar-refractivity contribution in [2.24, 2.45) is 0 Å². The molecule has 17 heavy (non-hydrogen) atoms. The lowest BCUT2D eigenvalue weighted by Crippen LogP contribution is -2.16. The van der Waals surface area contributed by atoms with Gasteiger partial charge in [-0.15, -0.1) is 0 Å². The monoisotopic (exact) mass is 228 g/mol. The predicted molar refractivity (Wildman–Crippen MR) is 66.0 cm³/mol. The predicted octanol–water partition coefficient (Wildman–Crippen LogP) is 1.83. The van der Waals surface area contributed by atoms with E-state index in [1.807, 2.05) is 31.6 Å². The van der Waals surface area contributed by atoms with Gasteiger partial charge in [-0.05, 0) is 31.9 Å². The lowest BCUT2D eigenvalue weighted by molar-refractivity contribution is 0.674. The molecule has 4 nitrogen and oxygen atoms in total. The van der Waals surface area contributed by atoms with Crippen molar-refractivity contribution in [3.8, 4) is 5.69 Å². The summed E-state index contributed by atoms with van der Waals surface area (Å²) >= 11 is 0. The summed E-state index contributed by atoms with van der Waals surface area (Å²) in [6, 6.07) is 4.84. The number of aromatic nitrogens is 3. The van der Waals surface area contributed by atoms with Gasteiger partial charge in [-0.3, -0.25) is 4.98 Å². The third-order valence-corrected chi connectivity index (χ3v) is 3.05. The SMILES string of the molecule is Cc1nccn1-c1ccnc(CNC2CC2)c1. The molecule has 2 heterocycles. The molecule has 0 spiro atoms. The first-order valence-electron chi connectivity index (χ1n) is 6.01. The number of aryl methyl sites for hydroxylation is 1. The first kappa shape index (κ1) is 10.5. The lowest BCUT2D eigenvalue weighted by atomic mass is 10.3. The van der Waals surface area contributed by atoms with E-state index in [1.165, 1.54) is 12.8 Å². The molecule has 0 bridgehead atoms. The molecule has 0 unspecified atom stereocenters. The number of pyridine rings is 1. The molecule has 0 saturated heterocycles. The molecule has 0 amide bonds. The molecule has 0 atom stereocenters. The quantitative estimate of drug-likeness (QED) is 0.868. The van der Waals surface area contributed by atoms with Crippen molar-refractivity contribution in [2.75, 3.05) is 0 Å². The van der Waals surface area contributed by atoms with Gasteiger partial charge >= 0.3 is 0 Å². The van der Waals surface area contributed by atoms with E-state index in [1.54, 1.807) is 0 Å². The zero-order valence-electron chi connectivity index (χ0n) is 9.93. The van der Waals surface area contributed by atoms with E-state index in [2.05, 4.69) is 25.9 Å². The van der Waals surface area contributed by atoms with Gasteiger partial charge in [0.05, 0.1) is 11.4 Å². The smallest absolute Gasteiger partial charge is 0.110 e. The summed E-state index contributed by atoms with van der Waals surface area (Å²) in [6.07, 6.45) is 8.26. The van der Waals surface area contributed by atoms with Crippen LogP contribution in [0.5, 0.6) is 0 Å². The van der Waals surface area contributed by atoms with Gasteiger partial charge in [0.15, 0.2) is 0 Å². The zero-order chi connectivity index (χ0) is 11.7. The molecule has 1 N–H and O–H groups in total. The normalized spacial score (nSPS) is 15.1. The van der Waals surface area contributed by atoms with Crippen molar-refractivity contribution in [3.63, 3.8) is 0 Å². The van der Waals surface area contributed by atoms with E-state index in [0.29, 0.717) is 0 Å². The number of hydrogen-bond donors (Lipinski definition) is 1. The van der Waals surface area contributed by atoms with Crippen LogP contribution in [0.3, 0.4) is 0 Å². The van der Waals surface area contributed by atoms with Crippen molar-refractivity contribution in [1.29, 1.82) is 0 Å². The summed E-state index contributed by atoms with van der Waals surface area (Å²) in [5, 5.41) is 3.47.